The van der Waals surface area contributed by atoms with Crippen LogP contribution < -0.4 is 0 Å². The van der Waals surface area contributed by atoms with Crippen LogP contribution in [-0.2, 0) is 12.0 Å². The summed E-state index contributed by atoms with van der Waals surface area (Å²) < 4.78 is 0. The molecule has 0 spiro atoms. The highest BCUT2D eigenvalue weighted by molar-refractivity contribution is 6.08. The van der Waals surface area contributed by atoms with Gasteiger partial charge in [0, 0.05) is 10.2 Å². The second-order valence-corrected chi connectivity index (χ2v) is 5.07. The Labute approximate surface area is 89.6 Å². The molecule has 0 fully saturated rings. The average molecular weight is 208 g/mol. The van der Waals surface area contributed by atoms with Crippen LogP contribution in [0.5, 0.6) is 0 Å². The molecule has 2 heteroatoms. The summed E-state index contributed by atoms with van der Waals surface area (Å²) in [5, 5.41) is 10.0. The molecule has 1 aromatic carbocycles. The predicted molar refractivity (Wildman–Crippen MR) is 64.8 cm³/mol. The Morgan fingerprint density at radius 1 is 1.29 bits per heavy atom. The molecule has 1 unspecified atom stereocenters. The van der Waals surface area contributed by atoms with Crippen molar-refractivity contribution in [2.24, 2.45) is 0 Å². The van der Waals surface area contributed by atoms with Gasteiger partial charge in [0.2, 0.25) is 0 Å². The topological polar surface area (TPSA) is 20.2 Å². The van der Waals surface area contributed by atoms with Gasteiger partial charge in [-0.2, -0.15) is 0 Å². The van der Waals surface area contributed by atoms with E-state index in [4.69, 9.17) is 0 Å². The quantitative estimate of drug-likeness (QED) is 0.746. The molecule has 1 atom stereocenters. The summed E-state index contributed by atoms with van der Waals surface area (Å²) in [6, 6.07) is 9.68. The maximum Gasteiger partial charge on any atom is 0.0865 e. The lowest BCUT2D eigenvalue weighted by Gasteiger charge is -2.21. The molecule has 0 heterocycles. The minimum absolute atomic E-state index is 0.667. The number of hydrogen-bond acceptors (Lipinski definition) is 1. The lowest BCUT2D eigenvalue weighted by molar-refractivity contribution is 0.0531. The van der Waals surface area contributed by atoms with Crippen molar-refractivity contribution in [3.05, 3.63) is 35.4 Å². The van der Waals surface area contributed by atoms with Crippen LogP contribution in [-0.4, -0.2) is 15.3 Å². The zero-order chi connectivity index (χ0) is 10.6. The third-order valence-corrected chi connectivity index (χ3v) is 3.30. The maximum absolute atomic E-state index is 10.0. The number of aliphatic hydroxyl groups is 1. The molecule has 0 radical (unpaired) electrons. The van der Waals surface area contributed by atoms with Crippen LogP contribution in [0.15, 0.2) is 24.3 Å². The summed E-state index contributed by atoms with van der Waals surface area (Å²) >= 11 is 0. The number of hydrogen-bond donors (Lipinski definition) is 1. The number of aryl methyl sites for hydroxylation is 1. The van der Waals surface area contributed by atoms with Crippen LogP contribution in [0.1, 0.15) is 31.4 Å². The summed E-state index contributed by atoms with van der Waals surface area (Å²) in [7, 11) is 1.26. The standard InChI is InChI=1S/C12H20OSi/c1-3-12(2,13)11-6-4-10(5-7-11)8-9-14/h4-7,13H,3,8-9H2,1-2,14H3. The molecule has 0 bridgehead atoms. The second kappa shape index (κ2) is 4.76. The second-order valence-electron chi connectivity index (χ2n) is 4.07. The molecule has 1 aromatic rings. The van der Waals surface area contributed by atoms with E-state index in [-0.39, 0.29) is 0 Å². The van der Waals surface area contributed by atoms with Gasteiger partial charge >= 0.3 is 0 Å². The first-order valence-electron chi connectivity index (χ1n) is 5.42. The average Bonchev–Trinajstić information content (AvgIpc) is 2.19. The molecule has 0 saturated heterocycles. The van der Waals surface area contributed by atoms with Gasteiger partial charge in [0.1, 0.15) is 0 Å². The van der Waals surface area contributed by atoms with Gasteiger partial charge in [0.05, 0.1) is 5.60 Å². The molecule has 1 nitrogen and oxygen atoms in total. The Balaban J connectivity index is 2.82. The minimum Gasteiger partial charge on any atom is -0.385 e. The van der Waals surface area contributed by atoms with Gasteiger partial charge in [-0.25, -0.2) is 0 Å². The maximum atomic E-state index is 10.0. The van der Waals surface area contributed by atoms with E-state index in [9.17, 15) is 5.11 Å². The van der Waals surface area contributed by atoms with E-state index >= 15 is 0 Å². The molecule has 14 heavy (non-hydrogen) atoms. The van der Waals surface area contributed by atoms with E-state index in [0.29, 0.717) is 0 Å². The molecule has 1 N–H and O–H groups in total. The summed E-state index contributed by atoms with van der Waals surface area (Å²) in [6.07, 6.45) is 1.94. The van der Waals surface area contributed by atoms with Crippen molar-refractivity contribution < 1.29 is 5.11 Å². The van der Waals surface area contributed by atoms with E-state index in [2.05, 4.69) is 24.3 Å². The Kier molecular flexibility index (Phi) is 3.90. The van der Waals surface area contributed by atoms with E-state index < -0.39 is 5.60 Å². The van der Waals surface area contributed by atoms with Crippen LogP contribution >= 0.6 is 0 Å². The fourth-order valence-corrected chi connectivity index (χ4v) is 2.10. The molecule has 0 aliphatic carbocycles. The number of rotatable bonds is 4. The smallest absolute Gasteiger partial charge is 0.0865 e. The van der Waals surface area contributed by atoms with E-state index in [1.807, 2.05) is 13.8 Å². The van der Waals surface area contributed by atoms with Crippen molar-refractivity contribution in [2.45, 2.75) is 38.3 Å². The zero-order valence-electron chi connectivity index (χ0n) is 9.38. The largest absolute Gasteiger partial charge is 0.385 e. The first-order chi connectivity index (χ1) is 6.60. The van der Waals surface area contributed by atoms with Gasteiger partial charge in [0.25, 0.3) is 0 Å². The van der Waals surface area contributed by atoms with Gasteiger partial charge in [-0.15, -0.1) is 0 Å². The molecule has 0 aliphatic rings. The Morgan fingerprint density at radius 3 is 2.29 bits per heavy atom. The molecule has 78 valence electrons. The van der Waals surface area contributed by atoms with Crippen molar-refractivity contribution in [2.75, 3.05) is 0 Å². The Morgan fingerprint density at radius 2 is 1.86 bits per heavy atom. The molecule has 0 aliphatic heterocycles. The normalized spacial score (nSPS) is 15.4. The fraction of sp³-hybridized carbons (Fsp3) is 0.500. The van der Waals surface area contributed by atoms with Crippen LogP contribution in [0.3, 0.4) is 0 Å². The van der Waals surface area contributed by atoms with Crippen LogP contribution in [0, 0.1) is 0 Å². The minimum atomic E-state index is -0.667. The van der Waals surface area contributed by atoms with Gasteiger partial charge in [0.15, 0.2) is 0 Å². The van der Waals surface area contributed by atoms with E-state index in [1.54, 1.807) is 0 Å². The zero-order valence-corrected chi connectivity index (χ0v) is 11.4. The lowest BCUT2D eigenvalue weighted by atomic mass is 9.92. The highest BCUT2D eigenvalue weighted by atomic mass is 28.1. The lowest BCUT2D eigenvalue weighted by Crippen LogP contribution is -2.19. The summed E-state index contributed by atoms with van der Waals surface area (Å²) in [6.45, 7) is 3.88. The SMILES string of the molecule is CCC(C)(O)c1ccc(CC[SiH3])cc1. The van der Waals surface area contributed by atoms with E-state index in [1.165, 1.54) is 28.3 Å². The van der Waals surface area contributed by atoms with Gasteiger partial charge in [-0.05, 0) is 30.9 Å². The van der Waals surface area contributed by atoms with Crippen molar-refractivity contribution in [3.8, 4) is 0 Å². The number of benzene rings is 1. The first-order valence-corrected chi connectivity index (χ1v) is 6.83. The highest BCUT2D eigenvalue weighted by Gasteiger charge is 2.19. The van der Waals surface area contributed by atoms with E-state index in [0.717, 1.165) is 12.0 Å². The van der Waals surface area contributed by atoms with Crippen LogP contribution in [0.2, 0.25) is 6.04 Å². The van der Waals surface area contributed by atoms with Crippen LogP contribution in [0.4, 0.5) is 0 Å². The predicted octanol–water partition coefficient (Wildman–Crippen LogP) is 1.63. The van der Waals surface area contributed by atoms with Crippen molar-refractivity contribution in [1.82, 2.24) is 0 Å². The molecule has 0 saturated carbocycles. The first kappa shape index (κ1) is 11.5. The third-order valence-electron chi connectivity index (χ3n) is 2.80. The molecule has 0 aromatic heterocycles. The molecule has 1 rings (SSSR count). The monoisotopic (exact) mass is 208 g/mol. The Bertz CT molecular complexity index is 277. The summed E-state index contributed by atoms with van der Waals surface area (Å²) in [5.74, 6) is 0. The summed E-state index contributed by atoms with van der Waals surface area (Å²) in [5.41, 5.74) is 1.74. The van der Waals surface area contributed by atoms with Gasteiger partial charge < -0.3 is 5.11 Å². The van der Waals surface area contributed by atoms with Crippen molar-refractivity contribution in [1.29, 1.82) is 0 Å². The highest BCUT2D eigenvalue weighted by Crippen LogP contribution is 2.24. The van der Waals surface area contributed by atoms with Crippen LogP contribution in [0.25, 0.3) is 0 Å². The molecule has 0 amide bonds. The summed E-state index contributed by atoms with van der Waals surface area (Å²) in [4.78, 5) is 0. The third kappa shape index (κ3) is 2.69. The molecular formula is C12H20OSi. The van der Waals surface area contributed by atoms with Crippen molar-refractivity contribution >= 4 is 10.2 Å². The van der Waals surface area contributed by atoms with Gasteiger partial charge in [-0.3, -0.25) is 0 Å². The molecular weight excluding hydrogens is 188 g/mol. The Hall–Kier alpha value is -0.603. The fourth-order valence-electron chi connectivity index (χ4n) is 1.52. The van der Waals surface area contributed by atoms with Crippen molar-refractivity contribution in [3.63, 3.8) is 0 Å². The van der Waals surface area contributed by atoms with Gasteiger partial charge in [-0.1, -0.05) is 37.2 Å².